The van der Waals surface area contributed by atoms with Gasteiger partial charge in [0.25, 0.3) is 0 Å². The summed E-state index contributed by atoms with van der Waals surface area (Å²) in [4.78, 5) is 118. The van der Waals surface area contributed by atoms with E-state index >= 15 is 0 Å². The van der Waals surface area contributed by atoms with Gasteiger partial charge in [-0.1, -0.05) is 66.2 Å². The van der Waals surface area contributed by atoms with E-state index in [0.717, 1.165) is 29.7 Å². The van der Waals surface area contributed by atoms with Gasteiger partial charge in [0, 0.05) is 62.2 Å². The van der Waals surface area contributed by atoms with Gasteiger partial charge in [0.15, 0.2) is 0 Å². The van der Waals surface area contributed by atoms with Gasteiger partial charge in [0.2, 0.25) is 47.3 Å². The smallest absolute Gasteiger partial charge is 0.351 e. The number of likely N-dealkylation sites (N-methyl/N-ethyl adjacent to an activating group) is 2. The summed E-state index contributed by atoms with van der Waals surface area (Å²) in [6, 6.07) is 14.1. The fraction of sp³-hybridized carbons (Fsp3) is 0.552. The molecule has 79 heavy (non-hydrogen) atoms. The van der Waals surface area contributed by atoms with Gasteiger partial charge < -0.3 is 51.5 Å². The van der Waals surface area contributed by atoms with E-state index in [1.54, 1.807) is 71.8 Å². The first-order chi connectivity index (χ1) is 37.7. The van der Waals surface area contributed by atoms with Crippen LogP contribution in [0.1, 0.15) is 110 Å². The number of aryl methyl sites for hydroxylation is 1. The highest BCUT2D eigenvalue weighted by Crippen LogP contribution is 2.43. The average Bonchev–Trinajstić information content (AvgIpc) is 4.50. The van der Waals surface area contributed by atoms with E-state index in [0.29, 0.717) is 68.2 Å². The van der Waals surface area contributed by atoms with Crippen LogP contribution in [0.15, 0.2) is 72.8 Å². The van der Waals surface area contributed by atoms with Crippen LogP contribution in [0, 0.1) is 6.92 Å². The molecular weight excluding hydrogens is 1020 g/mol. The standard InChI is InChI=1S/C58H73F3N10O8/c1-32-6-12-37(13-7-32)42-28-44(42)64-54(76)48-20-18-40-22-24-68(30-46(56(78)70(40)48)66-52(74)33(2)62-4)50(72)26-35-8-10-36(11-9-35)27-51(73)69-25-23-41-19-21-49(71(41)57(79)47(31-69)67-53(75)34(3)63-5)55(77)65-45-29-43(45)38-14-16-39(17-15-38)58(59,60)61/h6-17,33-34,40-49,62-63H,18-31H2,1-5H3,(H,64,76)(H,65,77)(H,66,74)(H,67,75)/t33-,34-,40+,41+,42+,43+,44-,45-,46+,47-,48-,49-/m0/s1. The van der Waals surface area contributed by atoms with E-state index in [1.165, 1.54) is 12.1 Å². The van der Waals surface area contributed by atoms with Gasteiger partial charge in [-0.05, 0) is 121 Å². The molecular formula is C58H73F3N10O8. The number of carbonyl (C=O) groups is 8. The van der Waals surface area contributed by atoms with Crippen LogP contribution in [-0.4, -0.2) is 168 Å². The van der Waals surface area contributed by atoms with Crippen LogP contribution < -0.4 is 31.9 Å². The first-order valence-corrected chi connectivity index (χ1v) is 27.8. The van der Waals surface area contributed by atoms with E-state index < -0.39 is 77.7 Å². The third-order valence-corrected chi connectivity index (χ3v) is 17.1. The average molecular weight is 1100 g/mol. The van der Waals surface area contributed by atoms with Crippen molar-refractivity contribution in [1.82, 2.24) is 51.5 Å². The van der Waals surface area contributed by atoms with Crippen molar-refractivity contribution >= 4 is 47.3 Å². The second-order valence-electron chi connectivity index (χ2n) is 22.5. The van der Waals surface area contributed by atoms with E-state index in [9.17, 15) is 51.5 Å². The molecule has 0 aromatic heterocycles. The topological polar surface area (TPSA) is 222 Å². The molecule has 3 aromatic carbocycles. The Bertz CT molecular complexity index is 2780. The molecule has 12 atom stereocenters. The Labute approximate surface area is 458 Å². The van der Waals surface area contributed by atoms with Crippen LogP contribution in [0.25, 0.3) is 0 Å². The molecule has 4 saturated heterocycles. The predicted octanol–water partition coefficient (Wildman–Crippen LogP) is 2.81. The molecule has 2 saturated carbocycles. The Balaban J connectivity index is 0.816. The summed E-state index contributed by atoms with van der Waals surface area (Å²) in [7, 11) is 3.24. The summed E-state index contributed by atoms with van der Waals surface area (Å²) in [5, 5.41) is 17.7. The molecule has 21 heteroatoms. The molecule has 0 unspecified atom stereocenters. The number of fused-ring (bicyclic) bond motifs is 2. The van der Waals surface area contributed by atoms with E-state index in [4.69, 9.17) is 0 Å². The lowest BCUT2D eigenvalue weighted by atomic mass is 10.0. The minimum Gasteiger partial charge on any atom is -0.351 e. The number of nitrogens with one attached hydrogen (secondary N) is 6. The van der Waals surface area contributed by atoms with Crippen molar-refractivity contribution in [3.8, 4) is 0 Å². The molecule has 2 aliphatic carbocycles. The first kappa shape index (κ1) is 56.8. The quantitative estimate of drug-likeness (QED) is 0.123. The van der Waals surface area contributed by atoms with Crippen LogP contribution >= 0.6 is 0 Å². The third-order valence-electron chi connectivity index (χ3n) is 17.1. The summed E-state index contributed by atoms with van der Waals surface area (Å²) in [5.41, 5.74) is 3.56. The normalized spacial score (nSPS) is 27.5. The molecule has 4 aliphatic heterocycles. The Kier molecular flexibility index (Phi) is 17.2. The van der Waals surface area contributed by atoms with E-state index in [-0.39, 0.29) is 86.1 Å². The van der Waals surface area contributed by atoms with Gasteiger partial charge in [-0.25, -0.2) is 0 Å². The van der Waals surface area contributed by atoms with Gasteiger partial charge in [-0.3, -0.25) is 38.4 Å². The SMILES string of the molecule is CN[C@@H](C)C(=O)N[C@H]1CN(C(=O)Cc2ccc(CC(=O)N3CC[C@H]4CC[C@@H](C(=O)N[C@H]5C[C@@H]5c5ccc(C)cc5)N4C(=O)[C@H](NC(=O)[C@H](C)NC)C3)cc2)CC[C@H]2CC[C@@H](C(=O)N[C@H]3C[C@@H]3c3ccc(C(F)(F)F)cc3)N2C1=O. The number of hydrogen-bond acceptors (Lipinski definition) is 10. The summed E-state index contributed by atoms with van der Waals surface area (Å²) in [5.74, 6) is -2.84. The Hall–Kier alpha value is -6.87. The highest BCUT2D eigenvalue weighted by atomic mass is 19.4. The van der Waals surface area contributed by atoms with Crippen molar-refractivity contribution in [2.45, 2.75) is 163 Å². The highest BCUT2D eigenvalue weighted by molar-refractivity contribution is 5.96. The van der Waals surface area contributed by atoms with Crippen molar-refractivity contribution in [2.75, 3.05) is 40.3 Å². The van der Waals surface area contributed by atoms with Crippen LogP contribution in [0.5, 0.6) is 0 Å². The molecule has 6 fully saturated rings. The molecule has 0 bridgehead atoms. The monoisotopic (exact) mass is 1090 g/mol. The molecule has 9 rings (SSSR count). The highest BCUT2D eigenvalue weighted by Gasteiger charge is 2.50. The van der Waals surface area contributed by atoms with E-state index in [2.05, 4.69) is 56.2 Å². The molecule has 0 spiro atoms. The lowest BCUT2D eigenvalue weighted by Gasteiger charge is -2.39. The molecule has 8 amide bonds. The maximum atomic E-state index is 14.5. The summed E-state index contributed by atoms with van der Waals surface area (Å²) in [6.07, 6.45) is -0.430. The minimum atomic E-state index is -4.46. The molecule has 3 aromatic rings. The molecule has 18 nitrogen and oxygen atoms in total. The second-order valence-corrected chi connectivity index (χ2v) is 22.5. The molecule has 6 aliphatic rings. The fourth-order valence-corrected chi connectivity index (χ4v) is 11.9. The van der Waals surface area contributed by atoms with Crippen LogP contribution in [-0.2, 0) is 57.4 Å². The number of halogens is 3. The largest absolute Gasteiger partial charge is 0.416 e. The molecule has 6 N–H and O–H groups in total. The lowest BCUT2D eigenvalue weighted by molar-refractivity contribution is -0.147. The number of rotatable bonds is 16. The van der Waals surface area contributed by atoms with Crippen molar-refractivity contribution in [2.24, 2.45) is 0 Å². The van der Waals surface area contributed by atoms with Gasteiger partial charge in [0.05, 0.1) is 30.5 Å². The summed E-state index contributed by atoms with van der Waals surface area (Å²) in [6.45, 7) is 5.66. The zero-order chi connectivity index (χ0) is 56.4. The van der Waals surface area contributed by atoms with Crippen LogP contribution in [0.2, 0.25) is 0 Å². The lowest BCUT2D eigenvalue weighted by Crippen LogP contribution is -2.62. The number of alkyl halides is 3. The number of nitrogens with zero attached hydrogens (tertiary/aromatic N) is 4. The number of benzene rings is 3. The molecule has 4 heterocycles. The van der Waals surface area contributed by atoms with Gasteiger partial charge in [-0.2, -0.15) is 13.2 Å². The van der Waals surface area contributed by atoms with Crippen molar-refractivity contribution in [3.05, 3.63) is 106 Å². The number of carbonyl (C=O) groups excluding carboxylic acids is 8. The van der Waals surface area contributed by atoms with E-state index in [1.807, 2.05) is 6.92 Å². The Morgan fingerprint density at radius 3 is 1.33 bits per heavy atom. The zero-order valence-corrected chi connectivity index (χ0v) is 45.4. The van der Waals surface area contributed by atoms with Crippen molar-refractivity contribution < 1.29 is 51.5 Å². The molecule has 424 valence electrons. The van der Waals surface area contributed by atoms with Gasteiger partial charge >= 0.3 is 6.18 Å². The maximum Gasteiger partial charge on any atom is 0.416 e. The molecule has 0 radical (unpaired) electrons. The fourth-order valence-electron chi connectivity index (χ4n) is 11.9. The Morgan fingerprint density at radius 1 is 0.557 bits per heavy atom. The number of amides is 8. The van der Waals surface area contributed by atoms with Crippen LogP contribution in [0.3, 0.4) is 0 Å². The van der Waals surface area contributed by atoms with Crippen molar-refractivity contribution in [1.29, 1.82) is 0 Å². The minimum absolute atomic E-state index is 0.0170. The summed E-state index contributed by atoms with van der Waals surface area (Å²) >= 11 is 0. The first-order valence-electron chi connectivity index (χ1n) is 27.8. The second kappa shape index (κ2) is 23.8. The summed E-state index contributed by atoms with van der Waals surface area (Å²) < 4.78 is 39.5. The van der Waals surface area contributed by atoms with Crippen LogP contribution in [0.4, 0.5) is 13.2 Å². The maximum absolute atomic E-state index is 14.5. The third kappa shape index (κ3) is 13.1. The zero-order valence-electron chi connectivity index (χ0n) is 45.4. The Morgan fingerprint density at radius 2 is 0.949 bits per heavy atom. The van der Waals surface area contributed by atoms with Crippen molar-refractivity contribution in [3.63, 3.8) is 0 Å². The predicted molar refractivity (Wildman–Crippen MR) is 286 cm³/mol. The van der Waals surface area contributed by atoms with Gasteiger partial charge in [-0.15, -0.1) is 0 Å². The van der Waals surface area contributed by atoms with Gasteiger partial charge in [0.1, 0.15) is 24.2 Å². The number of hydrogen-bond donors (Lipinski definition) is 6.